The summed E-state index contributed by atoms with van der Waals surface area (Å²) in [5.41, 5.74) is -3.45. The highest BCUT2D eigenvalue weighted by molar-refractivity contribution is 6.31. The predicted octanol–water partition coefficient (Wildman–Crippen LogP) is 5.36. The molecule has 2 aromatic rings. The first-order valence-corrected chi connectivity index (χ1v) is 7.97. The maximum atomic E-state index is 13.5. The van der Waals surface area contributed by atoms with E-state index in [1.807, 2.05) is 0 Å². The third kappa shape index (κ3) is 3.93. The van der Waals surface area contributed by atoms with Crippen LogP contribution >= 0.6 is 11.6 Å². The number of halogens is 7. The Bertz CT molecular complexity index is 866. The largest absolute Gasteiger partial charge is 0.484 e. The van der Waals surface area contributed by atoms with E-state index >= 15 is 0 Å². The maximum absolute atomic E-state index is 13.5. The number of benzene rings is 2. The Hall–Kier alpha value is -2.13. The molecule has 3 rings (SSSR count). The third-order valence-electron chi connectivity index (χ3n) is 3.93. The second-order valence-corrected chi connectivity index (χ2v) is 6.18. The summed E-state index contributed by atoms with van der Waals surface area (Å²) >= 11 is 5.96. The van der Waals surface area contributed by atoms with Crippen LogP contribution in [0.1, 0.15) is 11.1 Å². The summed E-state index contributed by atoms with van der Waals surface area (Å²) in [6.07, 6.45) is -10.6. The van der Waals surface area contributed by atoms with Gasteiger partial charge in [0.15, 0.2) is 17.7 Å². The number of nitrogens with one attached hydrogen (secondary N) is 1. The van der Waals surface area contributed by atoms with Crippen LogP contribution in [0, 0.1) is 0 Å². The molecule has 0 fully saturated rings. The van der Waals surface area contributed by atoms with Gasteiger partial charge in [-0.05, 0) is 30.8 Å². The molecule has 1 aliphatic heterocycles. The van der Waals surface area contributed by atoms with Crippen molar-refractivity contribution in [3.8, 4) is 22.6 Å². The SMILES string of the molecule is CN[C@@H]1COc2cc(Cl)cc(-c3ccc(C(F)(F)F)cc3C(F)(F)F)c2O1. The van der Waals surface area contributed by atoms with Gasteiger partial charge in [0.2, 0.25) is 0 Å². The Morgan fingerprint density at radius 2 is 1.70 bits per heavy atom. The Morgan fingerprint density at radius 1 is 1.00 bits per heavy atom. The number of likely N-dealkylation sites (N-methyl/N-ethyl adjacent to an activating group) is 1. The van der Waals surface area contributed by atoms with Gasteiger partial charge in [-0.1, -0.05) is 17.7 Å². The molecule has 0 spiro atoms. The van der Waals surface area contributed by atoms with E-state index in [1.165, 1.54) is 12.1 Å². The van der Waals surface area contributed by atoms with Crippen molar-refractivity contribution < 1.29 is 35.8 Å². The Kier molecular flexibility index (Phi) is 4.94. The summed E-state index contributed by atoms with van der Waals surface area (Å²) in [5, 5.41) is 2.82. The van der Waals surface area contributed by atoms with Gasteiger partial charge in [0.05, 0.1) is 11.1 Å². The Morgan fingerprint density at radius 3 is 2.30 bits per heavy atom. The molecule has 0 saturated carbocycles. The summed E-state index contributed by atoms with van der Waals surface area (Å²) in [4.78, 5) is 0. The summed E-state index contributed by atoms with van der Waals surface area (Å²) in [5.74, 6) is 0.0762. The van der Waals surface area contributed by atoms with Crippen molar-refractivity contribution in [3.05, 3.63) is 46.5 Å². The summed E-state index contributed by atoms with van der Waals surface area (Å²) < 4.78 is 90.2. The van der Waals surface area contributed by atoms with Gasteiger partial charge in [-0.25, -0.2) is 0 Å². The van der Waals surface area contributed by atoms with Gasteiger partial charge in [0, 0.05) is 16.7 Å². The number of rotatable bonds is 2. The van der Waals surface area contributed by atoms with E-state index in [1.54, 1.807) is 7.05 Å². The Labute approximate surface area is 154 Å². The zero-order valence-electron chi connectivity index (χ0n) is 13.6. The van der Waals surface area contributed by atoms with Crippen molar-refractivity contribution in [1.82, 2.24) is 5.32 Å². The second kappa shape index (κ2) is 6.79. The minimum atomic E-state index is -5.02. The zero-order valence-corrected chi connectivity index (χ0v) is 14.4. The van der Waals surface area contributed by atoms with Crippen LogP contribution < -0.4 is 14.8 Å². The van der Waals surface area contributed by atoms with Gasteiger partial charge in [-0.3, -0.25) is 5.32 Å². The van der Waals surface area contributed by atoms with Crippen molar-refractivity contribution in [2.24, 2.45) is 0 Å². The van der Waals surface area contributed by atoms with Crippen LogP contribution in [0.5, 0.6) is 11.5 Å². The molecule has 3 nitrogen and oxygen atoms in total. The van der Waals surface area contributed by atoms with Crippen molar-refractivity contribution in [1.29, 1.82) is 0 Å². The lowest BCUT2D eigenvalue weighted by molar-refractivity contribution is -0.142. The van der Waals surface area contributed by atoms with Crippen molar-refractivity contribution in [2.45, 2.75) is 18.6 Å². The maximum Gasteiger partial charge on any atom is 0.417 e. The molecule has 1 aliphatic rings. The fourth-order valence-corrected chi connectivity index (χ4v) is 2.88. The molecular formula is C17H12ClF6NO2. The van der Waals surface area contributed by atoms with Gasteiger partial charge in [-0.2, -0.15) is 26.3 Å². The number of hydrogen-bond donors (Lipinski definition) is 1. The minimum absolute atomic E-state index is 0.0322. The monoisotopic (exact) mass is 411 g/mol. The highest BCUT2D eigenvalue weighted by Gasteiger charge is 2.39. The summed E-state index contributed by atoms with van der Waals surface area (Å²) in [6.45, 7) is 0.0857. The van der Waals surface area contributed by atoms with Crippen molar-refractivity contribution in [2.75, 3.05) is 13.7 Å². The van der Waals surface area contributed by atoms with Gasteiger partial charge < -0.3 is 9.47 Å². The lowest BCUT2D eigenvalue weighted by Crippen LogP contribution is -2.39. The van der Waals surface area contributed by atoms with Crippen LogP contribution in [0.15, 0.2) is 30.3 Å². The first-order chi connectivity index (χ1) is 12.5. The van der Waals surface area contributed by atoms with Crippen LogP contribution in [0.25, 0.3) is 11.1 Å². The number of alkyl halides is 6. The van der Waals surface area contributed by atoms with Crippen LogP contribution in [0.2, 0.25) is 5.02 Å². The molecule has 2 aromatic carbocycles. The van der Waals surface area contributed by atoms with E-state index in [9.17, 15) is 26.3 Å². The fourth-order valence-electron chi connectivity index (χ4n) is 2.67. The fraction of sp³-hybridized carbons (Fsp3) is 0.294. The quantitative estimate of drug-likeness (QED) is 0.675. The smallest absolute Gasteiger partial charge is 0.417 e. The first kappa shape index (κ1) is 19.6. The minimum Gasteiger partial charge on any atom is -0.484 e. The number of ether oxygens (including phenoxy) is 2. The van der Waals surface area contributed by atoms with Gasteiger partial charge >= 0.3 is 12.4 Å². The van der Waals surface area contributed by atoms with E-state index in [4.69, 9.17) is 21.1 Å². The molecule has 0 aromatic heterocycles. The third-order valence-corrected chi connectivity index (χ3v) is 4.15. The number of fused-ring (bicyclic) bond motifs is 1. The molecule has 1 atom stereocenters. The van der Waals surface area contributed by atoms with Gasteiger partial charge in [0.1, 0.15) is 6.61 Å². The molecule has 0 radical (unpaired) electrons. The molecule has 0 aliphatic carbocycles. The highest BCUT2D eigenvalue weighted by Crippen LogP contribution is 2.48. The van der Waals surface area contributed by atoms with Crippen LogP contribution in [0.3, 0.4) is 0 Å². The first-order valence-electron chi connectivity index (χ1n) is 7.60. The van der Waals surface area contributed by atoms with E-state index in [0.29, 0.717) is 6.07 Å². The molecule has 1 heterocycles. The standard InChI is InChI=1S/C17H12ClF6NO2/c1-25-14-7-26-13-6-9(18)5-11(15(13)27-14)10-3-2-8(16(19,20)21)4-12(10)17(22,23)24/h2-6,14,25H,7H2,1H3/t14-/m0/s1. The highest BCUT2D eigenvalue weighted by atomic mass is 35.5. The van der Waals surface area contributed by atoms with Gasteiger partial charge in [-0.15, -0.1) is 0 Å². The van der Waals surface area contributed by atoms with Crippen LogP contribution in [-0.2, 0) is 12.4 Å². The Balaban J connectivity index is 2.24. The lowest BCUT2D eigenvalue weighted by atomic mass is 9.95. The lowest BCUT2D eigenvalue weighted by Gasteiger charge is -2.28. The van der Waals surface area contributed by atoms with Gasteiger partial charge in [0.25, 0.3) is 0 Å². The zero-order chi connectivity index (χ0) is 20.0. The summed E-state index contributed by atoms with van der Waals surface area (Å²) in [6, 6.07) is 3.96. The molecule has 27 heavy (non-hydrogen) atoms. The molecule has 146 valence electrons. The molecule has 0 saturated heterocycles. The van der Waals surface area contributed by atoms with Crippen molar-refractivity contribution in [3.63, 3.8) is 0 Å². The number of hydrogen-bond acceptors (Lipinski definition) is 3. The molecule has 0 bridgehead atoms. The molecule has 0 unspecified atom stereocenters. The van der Waals surface area contributed by atoms with Crippen LogP contribution in [0.4, 0.5) is 26.3 Å². The molecule has 10 heteroatoms. The topological polar surface area (TPSA) is 30.5 Å². The van der Waals surface area contributed by atoms with E-state index in [0.717, 1.165) is 6.07 Å². The average molecular weight is 412 g/mol. The molecule has 0 amide bonds. The van der Waals surface area contributed by atoms with Crippen molar-refractivity contribution >= 4 is 11.6 Å². The average Bonchev–Trinajstić information content (AvgIpc) is 2.58. The molecular weight excluding hydrogens is 400 g/mol. The second-order valence-electron chi connectivity index (χ2n) is 5.74. The van der Waals surface area contributed by atoms with E-state index in [-0.39, 0.29) is 34.8 Å². The summed E-state index contributed by atoms with van der Waals surface area (Å²) in [7, 11) is 1.56. The predicted molar refractivity (Wildman–Crippen MR) is 85.9 cm³/mol. The van der Waals surface area contributed by atoms with E-state index in [2.05, 4.69) is 5.32 Å². The van der Waals surface area contributed by atoms with E-state index < -0.39 is 35.3 Å². The molecule has 1 N–H and O–H groups in total. The normalized spacial score (nSPS) is 17.1. The van der Waals surface area contributed by atoms with Crippen LogP contribution in [-0.4, -0.2) is 19.9 Å².